The Labute approximate surface area is 191 Å². The first kappa shape index (κ1) is 21.8. The monoisotopic (exact) mass is 444 g/mol. The van der Waals surface area contributed by atoms with Gasteiger partial charge < -0.3 is 4.42 Å². The fourth-order valence-corrected chi connectivity index (χ4v) is 4.04. The van der Waals surface area contributed by atoms with Gasteiger partial charge in [-0.1, -0.05) is 51.1 Å². The van der Waals surface area contributed by atoms with E-state index in [2.05, 4.69) is 48.1 Å². The predicted octanol–water partition coefficient (Wildman–Crippen LogP) is 5.48. The van der Waals surface area contributed by atoms with Gasteiger partial charge in [-0.05, 0) is 58.1 Å². The summed E-state index contributed by atoms with van der Waals surface area (Å²) in [6.07, 6.45) is 8.51. The van der Waals surface area contributed by atoms with E-state index >= 15 is 0 Å². The first-order chi connectivity index (χ1) is 15.4. The molecule has 0 radical (unpaired) electrons. The topological polar surface area (TPSA) is 71.1 Å². The smallest absolute Gasteiger partial charge is 0.267 e. The molecule has 162 valence electrons. The van der Waals surface area contributed by atoms with Gasteiger partial charge in [0.15, 0.2) is 5.17 Å². The average Bonchev–Trinajstić information content (AvgIpc) is 3.39. The molecule has 1 aliphatic rings. The molecule has 1 fully saturated rings. The molecule has 0 saturated carbocycles. The van der Waals surface area contributed by atoms with Crippen molar-refractivity contribution in [1.29, 1.82) is 0 Å². The summed E-state index contributed by atoms with van der Waals surface area (Å²) in [5.41, 5.74) is 3.15. The molecule has 0 unspecified atom stereocenters. The van der Waals surface area contributed by atoms with Crippen LogP contribution in [0.25, 0.3) is 6.08 Å². The molecule has 0 N–H and O–H groups in total. The molecule has 0 aliphatic carbocycles. The van der Waals surface area contributed by atoms with Crippen LogP contribution in [0.3, 0.4) is 0 Å². The van der Waals surface area contributed by atoms with Crippen LogP contribution in [0.5, 0.6) is 0 Å². The van der Waals surface area contributed by atoms with Crippen molar-refractivity contribution in [3.8, 4) is 0 Å². The van der Waals surface area contributed by atoms with Gasteiger partial charge in [-0.2, -0.15) is 5.10 Å². The van der Waals surface area contributed by atoms with E-state index in [0.29, 0.717) is 15.8 Å². The third-order valence-corrected chi connectivity index (χ3v) is 5.89. The van der Waals surface area contributed by atoms with Gasteiger partial charge in [0.05, 0.1) is 23.9 Å². The van der Waals surface area contributed by atoms with Crippen LogP contribution in [-0.2, 0) is 16.8 Å². The van der Waals surface area contributed by atoms with Crippen LogP contribution in [0.15, 0.2) is 86.7 Å². The number of hydrogen-bond donors (Lipinski definition) is 0. The zero-order valence-corrected chi connectivity index (χ0v) is 19.0. The molecule has 32 heavy (non-hydrogen) atoms. The molecule has 1 amide bonds. The highest BCUT2D eigenvalue weighted by Crippen LogP contribution is 2.33. The summed E-state index contributed by atoms with van der Waals surface area (Å²) >= 11 is 1.29. The summed E-state index contributed by atoms with van der Waals surface area (Å²) in [6.45, 7) is 6.83. The van der Waals surface area contributed by atoms with Crippen molar-refractivity contribution < 1.29 is 9.21 Å². The molecule has 1 aromatic carbocycles. The van der Waals surface area contributed by atoms with Gasteiger partial charge in [-0.25, -0.2) is 0 Å². The fraction of sp³-hybridized carbons (Fsp3) is 0.200. The largest absolute Gasteiger partial charge is 0.467 e. The number of furan rings is 1. The van der Waals surface area contributed by atoms with Gasteiger partial charge in [-0.15, -0.1) is 5.10 Å². The first-order valence-corrected chi connectivity index (χ1v) is 11.1. The second-order valence-electron chi connectivity index (χ2n) is 8.37. The zero-order chi connectivity index (χ0) is 22.6. The molecular weight excluding hydrogens is 420 g/mol. The van der Waals surface area contributed by atoms with E-state index in [4.69, 9.17) is 4.42 Å². The molecule has 0 atom stereocenters. The van der Waals surface area contributed by atoms with Crippen molar-refractivity contribution in [2.45, 2.75) is 32.7 Å². The lowest BCUT2D eigenvalue weighted by molar-refractivity contribution is -0.122. The zero-order valence-electron chi connectivity index (χ0n) is 18.2. The Kier molecular flexibility index (Phi) is 6.37. The van der Waals surface area contributed by atoms with E-state index in [1.165, 1.54) is 17.3 Å². The summed E-state index contributed by atoms with van der Waals surface area (Å²) in [5, 5.41) is 9.10. The van der Waals surface area contributed by atoms with Crippen LogP contribution in [0.2, 0.25) is 0 Å². The molecule has 1 saturated heterocycles. The van der Waals surface area contributed by atoms with Crippen molar-refractivity contribution in [1.82, 2.24) is 9.88 Å². The molecule has 3 aromatic rings. The number of hydrogen-bond acceptors (Lipinski definition) is 6. The fourth-order valence-electron chi connectivity index (χ4n) is 3.11. The van der Waals surface area contributed by atoms with E-state index in [9.17, 15) is 4.79 Å². The molecule has 1 aliphatic heterocycles. The summed E-state index contributed by atoms with van der Waals surface area (Å²) in [5.74, 6) is 0.537. The van der Waals surface area contributed by atoms with Gasteiger partial charge in [0.25, 0.3) is 5.91 Å². The first-order valence-electron chi connectivity index (χ1n) is 10.3. The Morgan fingerprint density at radius 2 is 1.91 bits per heavy atom. The molecule has 0 spiro atoms. The third kappa shape index (κ3) is 5.23. The van der Waals surface area contributed by atoms with Crippen LogP contribution in [-0.4, -0.2) is 27.2 Å². The molecule has 4 rings (SSSR count). The van der Waals surface area contributed by atoms with Crippen molar-refractivity contribution in [2.75, 3.05) is 0 Å². The van der Waals surface area contributed by atoms with Crippen LogP contribution < -0.4 is 0 Å². The molecule has 0 bridgehead atoms. The molecular formula is C25H24N4O2S. The number of amidine groups is 1. The summed E-state index contributed by atoms with van der Waals surface area (Å²) in [6, 6.07) is 15.6. The van der Waals surface area contributed by atoms with Crippen molar-refractivity contribution >= 4 is 35.1 Å². The number of benzene rings is 1. The number of aromatic nitrogens is 1. The van der Waals surface area contributed by atoms with E-state index in [1.54, 1.807) is 35.8 Å². The predicted molar refractivity (Wildman–Crippen MR) is 129 cm³/mol. The average molecular weight is 445 g/mol. The lowest BCUT2D eigenvalue weighted by Gasteiger charge is -2.18. The number of thioether (sulfide) groups is 1. The van der Waals surface area contributed by atoms with E-state index in [1.807, 2.05) is 36.4 Å². The Morgan fingerprint density at radius 1 is 1.09 bits per heavy atom. The molecule has 2 aromatic heterocycles. The molecule has 7 heteroatoms. The minimum absolute atomic E-state index is 0.0973. The number of rotatable bonds is 5. The van der Waals surface area contributed by atoms with Crippen molar-refractivity contribution in [3.63, 3.8) is 0 Å². The highest BCUT2D eigenvalue weighted by molar-refractivity contribution is 8.18. The standard InChI is InChI=1S/C25H24N4O2S/c1-25(2,3)20-10-8-18(9-11-20)16-27-28-24-29(17-21-7-5-13-31-21)23(30)22(32-24)14-19-6-4-12-26-15-19/h4-16H,17H2,1-3H3/b22-14-,27-16-,28-24+. The van der Waals surface area contributed by atoms with Gasteiger partial charge in [0, 0.05) is 12.4 Å². The maximum absolute atomic E-state index is 13.1. The summed E-state index contributed by atoms with van der Waals surface area (Å²) < 4.78 is 5.43. The quantitative estimate of drug-likeness (QED) is 0.297. The normalized spacial score (nSPS) is 17.2. The Bertz CT molecular complexity index is 1160. The lowest BCUT2D eigenvalue weighted by atomic mass is 9.87. The highest BCUT2D eigenvalue weighted by atomic mass is 32.2. The maximum Gasteiger partial charge on any atom is 0.267 e. The Morgan fingerprint density at radius 3 is 2.56 bits per heavy atom. The van der Waals surface area contributed by atoms with Crippen LogP contribution in [0.1, 0.15) is 43.2 Å². The second-order valence-corrected chi connectivity index (χ2v) is 9.38. The van der Waals surface area contributed by atoms with Crippen LogP contribution in [0, 0.1) is 0 Å². The van der Waals surface area contributed by atoms with Crippen LogP contribution in [0.4, 0.5) is 0 Å². The molecule has 6 nitrogen and oxygen atoms in total. The van der Waals surface area contributed by atoms with Gasteiger partial charge in [0.2, 0.25) is 0 Å². The van der Waals surface area contributed by atoms with E-state index in [-0.39, 0.29) is 17.9 Å². The Hall–Kier alpha value is -3.45. The minimum atomic E-state index is -0.140. The second kappa shape index (κ2) is 9.36. The number of pyridine rings is 1. The number of nitrogens with zero attached hydrogens (tertiary/aromatic N) is 4. The van der Waals surface area contributed by atoms with Crippen molar-refractivity contribution in [2.24, 2.45) is 10.2 Å². The van der Waals surface area contributed by atoms with Crippen molar-refractivity contribution in [3.05, 3.63) is 94.5 Å². The summed E-state index contributed by atoms with van der Waals surface area (Å²) in [4.78, 5) is 19.3. The van der Waals surface area contributed by atoms with Gasteiger partial charge in [-0.3, -0.25) is 14.7 Å². The highest BCUT2D eigenvalue weighted by Gasteiger charge is 2.34. The maximum atomic E-state index is 13.1. The van der Waals surface area contributed by atoms with E-state index < -0.39 is 0 Å². The lowest BCUT2D eigenvalue weighted by Crippen LogP contribution is -2.28. The van der Waals surface area contributed by atoms with Crippen LogP contribution >= 0.6 is 11.8 Å². The number of amides is 1. The summed E-state index contributed by atoms with van der Waals surface area (Å²) in [7, 11) is 0. The minimum Gasteiger partial charge on any atom is -0.467 e. The molecule has 3 heterocycles. The third-order valence-electron chi connectivity index (χ3n) is 4.89. The number of carbonyl (C=O) groups is 1. The SMILES string of the molecule is CC(C)(C)c1ccc(/C=N\N=C2\S/C(=C\c3cccnc3)C(=O)N2Cc2ccco2)cc1. The van der Waals surface area contributed by atoms with E-state index in [0.717, 1.165) is 11.1 Å². The van der Waals surface area contributed by atoms with Gasteiger partial charge >= 0.3 is 0 Å². The van der Waals surface area contributed by atoms with Gasteiger partial charge in [0.1, 0.15) is 5.76 Å². The number of carbonyl (C=O) groups excluding carboxylic acids is 1. The Balaban J connectivity index is 1.57.